The minimum absolute atomic E-state index is 0.692. The van der Waals surface area contributed by atoms with Crippen LogP contribution >= 0.6 is 0 Å². The number of hydrogen-bond acceptors (Lipinski definition) is 4. The van der Waals surface area contributed by atoms with Crippen molar-refractivity contribution in [3.8, 4) is 5.75 Å². The fourth-order valence-corrected chi connectivity index (χ4v) is 3.54. The van der Waals surface area contributed by atoms with Gasteiger partial charge in [-0.25, -0.2) is 9.97 Å². The molecular formula is C20H24N4O. The van der Waals surface area contributed by atoms with E-state index < -0.39 is 0 Å². The number of nitrogens with zero attached hydrogens (tertiary/aromatic N) is 3. The zero-order chi connectivity index (χ0) is 17.2. The molecule has 0 atom stereocenters. The average molecular weight is 336 g/mol. The molecule has 0 aliphatic carbocycles. The summed E-state index contributed by atoms with van der Waals surface area (Å²) in [5.41, 5.74) is 5.13. The molecule has 1 aliphatic heterocycles. The first-order valence-corrected chi connectivity index (χ1v) is 9.05. The van der Waals surface area contributed by atoms with Gasteiger partial charge in [0.25, 0.3) is 0 Å². The van der Waals surface area contributed by atoms with Crippen LogP contribution in [-0.4, -0.2) is 33.0 Å². The summed E-state index contributed by atoms with van der Waals surface area (Å²) in [6.45, 7) is 7.67. The lowest BCUT2D eigenvalue weighted by Crippen LogP contribution is -2.29. The highest BCUT2D eigenvalue weighted by atomic mass is 16.5. The minimum Gasteiger partial charge on any atom is -0.494 e. The third-order valence-electron chi connectivity index (χ3n) is 4.82. The maximum atomic E-state index is 5.67. The SMILES string of the molecule is CCOc1ccc2[nH]c3c(c2c1)CN(Cc1cnc(CC)nc1)CC3. The summed E-state index contributed by atoms with van der Waals surface area (Å²) in [6.07, 6.45) is 5.85. The van der Waals surface area contributed by atoms with Crippen molar-refractivity contribution in [1.82, 2.24) is 19.9 Å². The van der Waals surface area contributed by atoms with E-state index in [4.69, 9.17) is 4.74 Å². The first-order chi connectivity index (χ1) is 12.3. The number of H-pyrrole nitrogens is 1. The molecule has 2 aromatic heterocycles. The number of aromatic amines is 1. The molecule has 5 heteroatoms. The highest BCUT2D eigenvalue weighted by molar-refractivity contribution is 5.86. The summed E-state index contributed by atoms with van der Waals surface area (Å²) >= 11 is 0. The van der Waals surface area contributed by atoms with Gasteiger partial charge in [0.15, 0.2) is 0 Å². The normalized spacial score (nSPS) is 14.6. The Morgan fingerprint density at radius 3 is 2.80 bits per heavy atom. The fourth-order valence-electron chi connectivity index (χ4n) is 3.54. The molecule has 0 saturated carbocycles. The summed E-state index contributed by atoms with van der Waals surface area (Å²) in [7, 11) is 0. The van der Waals surface area contributed by atoms with Crippen molar-refractivity contribution in [3.63, 3.8) is 0 Å². The van der Waals surface area contributed by atoms with Gasteiger partial charge in [0.2, 0.25) is 0 Å². The van der Waals surface area contributed by atoms with Gasteiger partial charge < -0.3 is 9.72 Å². The van der Waals surface area contributed by atoms with Gasteiger partial charge in [0, 0.05) is 67.0 Å². The Bertz CT molecular complexity index is 869. The largest absolute Gasteiger partial charge is 0.494 e. The number of hydrogen-bond donors (Lipinski definition) is 1. The topological polar surface area (TPSA) is 54.0 Å². The van der Waals surface area contributed by atoms with E-state index in [0.29, 0.717) is 6.61 Å². The van der Waals surface area contributed by atoms with Gasteiger partial charge >= 0.3 is 0 Å². The lowest BCUT2D eigenvalue weighted by atomic mass is 10.0. The fraction of sp³-hybridized carbons (Fsp3) is 0.400. The first kappa shape index (κ1) is 16.1. The van der Waals surface area contributed by atoms with E-state index in [9.17, 15) is 0 Å². The molecule has 0 spiro atoms. The zero-order valence-corrected chi connectivity index (χ0v) is 14.9. The number of aryl methyl sites for hydroxylation is 1. The van der Waals surface area contributed by atoms with Crippen LogP contribution < -0.4 is 4.74 Å². The Kier molecular flexibility index (Phi) is 4.40. The number of benzene rings is 1. The van der Waals surface area contributed by atoms with Gasteiger partial charge in [0.05, 0.1) is 6.61 Å². The summed E-state index contributed by atoms with van der Waals surface area (Å²) < 4.78 is 5.67. The molecule has 5 nitrogen and oxygen atoms in total. The van der Waals surface area contributed by atoms with Crippen LogP contribution in [0, 0.1) is 0 Å². The Hall–Kier alpha value is -2.40. The second-order valence-electron chi connectivity index (χ2n) is 6.54. The third kappa shape index (κ3) is 3.24. The molecule has 3 aromatic rings. The van der Waals surface area contributed by atoms with Gasteiger partial charge in [-0.1, -0.05) is 6.92 Å². The van der Waals surface area contributed by atoms with Gasteiger partial charge in [-0.3, -0.25) is 4.90 Å². The Morgan fingerprint density at radius 2 is 2.04 bits per heavy atom. The number of rotatable bonds is 5. The lowest BCUT2D eigenvalue weighted by Gasteiger charge is -2.27. The predicted molar refractivity (Wildman–Crippen MR) is 98.7 cm³/mol. The van der Waals surface area contributed by atoms with Crippen LogP contribution in [0.3, 0.4) is 0 Å². The molecule has 4 rings (SSSR count). The molecule has 1 aliphatic rings. The summed E-state index contributed by atoms with van der Waals surface area (Å²) in [5, 5.41) is 1.28. The van der Waals surface area contributed by atoms with Gasteiger partial charge in [-0.2, -0.15) is 0 Å². The van der Waals surface area contributed by atoms with E-state index in [1.54, 1.807) is 0 Å². The van der Waals surface area contributed by atoms with Crippen molar-refractivity contribution >= 4 is 10.9 Å². The molecule has 0 fully saturated rings. The van der Waals surface area contributed by atoms with Crippen LogP contribution in [0.1, 0.15) is 36.5 Å². The first-order valence-electron chi connectivity index (χ1n) is 9.05. The number of aromatic nitrogens is 3. The maximum absolute atomic E-state index is 5.67. The van der Waals surface area contributed by atoms with Gasteiger partial charge in [0.1, 0.15) is 11.6 Å². The van der Waals surface area contributed by atoms with Crippen molar-refractivity contribution < 1.29 is 4.74 Å². The third-order valence-corrected chi connectivity index (χ3v) is 4.82. The van der Waals surface area contributed by atoms with Crippen molar-refractivity contribution in [1.29, 1.82) is 0 Å². The highest BCUT2D eigenvalue weighted by Gasteiger charge is 2.21. The van der Waals surface area contributed by atoms with Gasteiger partial charge in [-0.15, -0.1) is 0 Å². The molecule has 25 heavy (non-hydrogen) atoms. The summed E-state index contributed by atoms with van der Waals surface area (Å²) in [4.78, 5) is 14.9. The molecule has 130 valence electrons. The number of ether oxygens (including phenoxy) is 1. The van der Waals surface area contributed by atoms with Crippen LogP contribution in [0.2, 0.25) is 0 Å². The Labute approximate surface area is 148 Å². The second-order valence-corrected chi connectivity index (χ2v) is 6.54. The zero-order valence-electron chi connectivity index (χ0n) is 14.9. The molecule has 0 amide bonds. The molecule has 3 heterocycles. The van der Waals surface area contributed by atoms with E-state index in [2.05, 4.69) is 38.9 Å². The molecule has 1 aromatic carbocycles. The van der Waals surface area contributed by atoms with E-state index in [1.165, 1.54) is 27.7 Å². The van der Waals surface area contributed by atoms with Crippen LogP contribution in [-0.2, 0) is 25.9 Å². The summed E-state index contributed by atoms with van der Waals surface area (Å²) in [5.74, 6) is 1.85. The average Bonchev–Trinajstić information content (AvgIpc) is 3.00. The van der Waals surface area contributed by atoms with Crippen LogP contribution in [0.25, 0.3) is 10.9 Å². The highest BCUT2D eigenvalue weighted by Crippen LogP contribution is 2.31. The molecule has 0 saturated heterocycles. The molecule has 0 unspecified atom stereocenters. The number of fused-ring (bicyclic) bond motifs is 3. The van der Waals surface area contributed by atoms with Crippen LogP contribution in [0.15, 0.2) is 30.6 Å². The second kappa shape index (κ2) is 6.84. The molecule has 1 N–H and O–H groups in total. The van der Waals surface area contributed by atoms with E-state index in [-0.39, 0.29) is 0 Å². The molecule has 0 bridgehead atoms. The van der Waals surface area contributed by atoms with Crippen LogP contribution in [0.4, 0.5) is 0 Å². The quantitative estimate of drug-likeness (QED) is 0.775. The van der Waals surface area contributed by atoms with Crippen molar-refractivity contribution in [2.75, 3.05) is 13.2 Å². The van der Waals surface area contributed by atoms with Gasteiger partial charge in [-0.05, 0) is 30.7 Å². The summed E-state index contributed by atoms with van der Waals surface area (Å²) in [6, 6.07) is 6.33. The number of nitrogens with one attached hydrogen (secondary N) is 1. The van der Waals surface area contributed by atoms with Crippen molar-refractivity contribution in [2.24, 2.45) is 0 Å². The monoisotopic (exact) mass is 336 g/mol. The Balaban J connectivity index is 1.56. The predicted octanol–water partition coefficient (Wildman–Crippen LogP) is 3.48. The standard InChI is InChI=1S/C20H24N4O/c1-3-20-21-10-14(11-22-20)12-24-8-7-19-17(13-24)16-9-15(25-4-2)5-6-18(16)23-19/h5-6,9-11,23H,3-4,7-8,12-13H2,1-2H3. The molecule has 0 radical (unpaired) electrons. The smallest absolute Gasteiger partial charge is 0.127 e. The Morgan fingerprint density at radius 1 is 1.20 bits per heavy atom. The maximum Gasteiger partial charge on any atom is 0.127 e. The lowest BCUT2D eigenvalue weighted by molar-refractivity contribution is 0.245. The van der Waals surface area contributed by atoms with E-state index in [0.717, 1.165) is 44.0 Å². The van der Waals surface area contributed by atoms with Crippen LogP contribution in [0.5, 0.6) is 5.75 Å². The van der Waals surface area contributed by atoms with E-state index in [1.807, 2.05) is 25.4 Å². The van der Waals surface area contributed by atoms with Crippen molar-refractivity contribution in [2.45, 2.75) is 39.8 Å². The minimum atomic E-state index is 0.692. The van der Waals surface area contributed by atoms with E-state index >= 15 is 0 Å². The van der Waals surface area contributed by atoms with Crippen molar-refractivity contribution in [3.05, 3.63) is 53.2 Å². The molecular weight excluding hydrogens is 312 g/mol.